The van der Waals surface area contributed by atoms with E-state index < -0.39 is 0 Å². The van der Waals surface area contributed by atoms with Crippen molar-refractivity contribution in [3.05, 3.63) is 46.0 Å². The van der Waals surface area contributed by atoms with Crippen LogP contribution < -0.4 is 10.1 Å². The van der Waals surface area contributed by atoms with Gasteiger partial charge in [-0.25, -0.2) is 4.98 Å². The van der Waals surface area contributed by atoms with E-state index in [-0.39, 0.29) is 16.2 Å². The lowest BCUT2D eigenvalue weighted by atomic mass is 10.2. The van der Waals surface area contributed by atoms with E-state index in [1.54, 1.807) is 19.1 Å². The summed E-state index contributed by atoms with van der Waals surface area (Å²) < 4.78 is 5.09. The number of pyridine rings is 2. The lowest BCUT2D eigenvalue weighted by Crippen LogP contribution is -2.15. The molecule has 0 spiro atoms. The summed E-state index contributed by atoms with van der Waals surface area (Å²) in [5.74, 6) is 0.0130. The molecule has 0 fully saturated rings. The standard InChI is InChI=1S/C13H11Cl2N3O2/c1-7-5-10(14)17-12(15)11(7)18-13(19)8-3-4-16-6-9(8)20-2/h3-6H,1-2H3,(H,18,19). The fourth-order valence-electron chi connectivity index (χ4n) is 1.66. The molecule has 0 aliphatic carbocycles. The van der Waals surface area contributed by atoms with E-state index in [1.165, 1.54) is 19.5 Å². The quantitative estimate of drug-likeness (QED) is 0.883. The number of methoxy groups -OCH3 is 1. The molecule has 0 aliphatic heterocycles. The van der Waals surface area contributed by atoms with Crippen LogP contribution in [0.15, 0.2) is 24.5 Å². The van der Waals surface area contributed by atoms with Crippen molar-refractivity contribution in [2.45, 2.75) is 6.92 Å². The summed E-state index contributed by atoms with van der Waals surface area (Å²) in [5, 5.41) is 3.10. The first kappa shape index (κ1) is 14.6. The van der Waals surface area contributed by atoms with Crippen molar-refractivity contribution in [2.75, 3.05) is 12.4 Å². The molecular weight excluding hydrogens is 301 g/mol. The predicted molar refractivity (Wildman–Crippen MR) is 77.7 cm³/mol. The third-order valence-corrected chi connectivity index (χ3v) is 3.10. The number of aryl methyl sites for hydroxylation is 1. The molecule has 0 aromatic carbocycles. The largest absolute Gasteiger partial charge is 0.494 e. The number of ether oxygens (including phenoxy) is 1. The molecule has 0 bridgehead atoms. The molecular formula is C13H11Cl2N3O2. The van der Waals surface area contributed by atoms with Crippen LogP contribution in [-0.2, 0) is 0 Å². The first-order chi connectivity index (χ1) is 9.52. The van der Waals surface area contributed by atoms with E-state index in [4.69, 9.17) is 27.9 Å². The van der Waals surface area contributed by atoms with Crippen LogP contribution in [0.1, 0.15) is 15.9 Å². The molecule has 1 N–H and O–H groups in total. The van der Waals surface area contributed by atoms with Gasteiger partial charge in [-0.1, -0.05) is 23.2 Å². The molecule has 5 nitrogen and oxygen atoms in total. The molecule has 1 amide bonds. The number of carbonyl (C=O) groups excluding carboxylic acids is 1. The Bertz CT molecular complexity index is 639. The summed E-state index contributed by atoms with van der Waals surface area (Å²) in [5.41, 5.74) is 1.49. The Morgan fingerprint density at radius 3 is 2.80 bits per heavy atom. The zero-order chi connectivity index (χ0) is 14.7. The molecule has 2 rings (SSSR count). The topological polar surface area (TPSA) is 64.1 Å². The van der Waals surface area contributed by atoms with E-state index in [1.807, 2.05) is 0 Å². The highest BCUT2D eigenvalue weighted by Gasteiger charge is 2.16. The van der Waals surface area contributed by atoms with Crippen LogP contribution in [0, 0.1) is 6.92 Å². The zero-order valence-electron chi connectivity index (χ0n) is 10.8. The number of anilines is 1. The van der Waals surface area contributed by atoms with E-state index in [0.717, 1.165) is 5.56 Å². The number of hydrogen-bond acceptors (Lipinski definition) is 4. The van der Waals surface area contributed by atoms with Gasteiger partial charge in [-0.3, -0.25) is 9.78 Å². The number of nitrogens with one attached hydrogen (secondary N) is 1. The number of halogens is 2. The van der Waals surface area contributed by atoms with Gasteiger partial charge < -0.3 is 10.1 Å². The lowest BCUT2D eigenvalue weighted by Gasteiger charge is -2.11. The average Bonchev–Trinajstić information content (AvgIpc) is 2.42. The maximum absolute atomic E-state index is 12.2. The van der Waals surface area contributed by atoms with Crippen molar-refractivity contribution in [3.63, 3.8) is 0 Å². The molecule has 0 atom stereocenters. The Kier molecular flexibility index (Phi) is 4.42. The SMILES string of the molecule is COc1cnccc1C(=O)Nc1c(C)cc(Cl)nc1Cl. The Balaban J connectivity index is 2.33. The predicted octanol–water partition coefficient (Wildman–Crippen LogP) is 3.35. The highest BCUT2D eigenvalue weighted by Crippen LogP contribution is 2.27. The first-order valence-electron chi connectivity index (χ1n) is 5.65. The van der Waals surface area contributed by atoms with E-state index >= 15 is 0 Å². The molecule has 0 unspecified atom stereocenters. The molecule has 104 valence electrons. The van der Waals surface area contributed by atoms with Crippen LogP contribution in [-0.4, -0.2) is 23.0 Å². The lowest BCUT2D eigenvalue weighted by molar-refractivity contribution is 0.102. The Morgan fingerprint density at radius 1 is 1.40 bits per heavy atom. The molecule has 0 saturated heterocycles. The highest BCUT2D eigenvalue weighted by molar-refractivity contribution is 6.35. The second-order valence-electron chi connectivity index (χ2n) is 3.96. The first-order valence-corrected chi connectivity index (χ1v) is 6.40. The van der Waals surface area contributed by atoms with Gasteiger partial charge in [0.2, 0.25) is 0 Å². The fourth-order valence-corrected chi connectivity index (χ4v) is 2.24. The third-order valence-electron chi connectivity index (χ3n) is 2.63. The van der Waals surface area contributed by atoms with Crippen molar-refractivity contribution in [3.8, 4) is 5.75 Å². The molecule has 0 saturated carbocycles. The monoisotopic (exact) mass is 311 g/mol. The van der Waals surface area contributed by atoms with Gasteiger partial charge in [0.1, 0.15) is 10.9 Å². The maximum atomic E-state index is 12.2. The Labute approximate surface area is 125 Å². The van der Waals surface area contributed by atoms with Gasteiger partial charge in [-0.2, -0.15) is 0 Å². The van der Waals surface area contributed by atoms with Crippen LogP contribution in [0.3, 0.4) is 0 Å². The van der Waals surface area contributed by atoms with Gasteiger partial charge >= 0.3 is 0 Å². The summed E-state index contributed by atoms with van der Waals surface area (Å²) in [7, 11) is 1.47. The molecule has 2 aromatic heterocycles. The van der Waals surface area contributed by atoms with Gasteiger partial charge in [-0.15, -0.1) is 0 Å². The number of carbonyl (C=O) groups is 1. The fraction of sp³-hybridized carbons (Fsp3) is 0.154. The number of hydrogen-bond donors (Lipinski definition) is 1. The van der Waals surface area contributed by atoms with Crippen LogP contribution in [0.2, 0.25) is 10.3 Å². The number of amides is 1. The minimum Gasteiger partial charge on any atom is -0.494 e. The normalized spacial score (nSPS) is 10.2. The summed E-state index contributed by atoms with van der Waals surface area (Å²) in [6.45, 7) is 1.78. The van der Waals surface area contributed by atoms with Gasteiger partial charge in [0.05, 0.1) is 24.6 Å². The average molecular weight is 312 g/mol. The second kappa shape index (κ2) is 6.07. The second-order valence-corrected chi connectivity index (χ2v) is 4.70. The zero-order valence-corrected chi connectivity index (χ0v) is 12.3. The van der Waals surface area contributed by atoms with Gasteiger partial charge in [0, 0.05) is 6.20 Å². The van der Waals surface area contributed by atoms with Gasteiger partial charge in [-0.05, 0) is 24.6 Å². The van der Waals surface area contributed by atoms with Gasteiger partial charge in [0.25, 0.3) is 5.91 Å². The van der Waals surface area contributed by atoms with E-state index in [9.17, 15) is 4.79 Å². The van der Waals surface area contributed by atoms with Gasteiger partial charge in [0.15, 0.2) is 5.15 Å². The summed E-state index contributed by atoms with van der Waals surface area (Å²) in [4.78, 5) is 20.0. The number of aromatic nitrogens is 2. The third kappa shape index (κ3) is 3.00. The summed E-state index contributed by atoms with van der Waals surface area (Å²) in [6, 6.07) is 3.17. The van der Waals surface area contributed by atoms with Crippen LogP contribution >= 0.6 is 23.2 Å². The summed E-state index contributed by atoms with van der Waals surface area (Å²) >= 11 is 11.8. The van der Waals surface area contributed by atoms with E-state index in [0.29, 0.717) is 17.0 Å². The Morgan fingerprint density at radius 2 is 2.15 bits per heavy atom. The molecule has 0 radical (unpaired) electrons. The van der Waals surface area contributed by atoms with Crippen LogP contribution in [0.5, 0.6) is 5.75 Å². The minimum atomic E-state index is -0.363. The minimum absolute atomic E-state index is 0.136. The van der Waals surface area contributed by atoms with Crippen molar-refractivity contribution in [1.29, 1.82) is 0 Å². The molecule has 2 aromatic rings. The van der Waals surface area contributed by atoms with Crippen LogP contribution in [0.4, 0.5) is 5.69 Å². The number of nitrogens with zero attached hydrogens (tertiary/aromatic N) is 2. The smallest absolute Gasteiger partial charge is 0.259 e. The van der Waals surface area contributed by atoms with Crippen molar-refractivity contribution in [2.24, 2.45) is 0 Å². The van der Waals surface area contributed by atoms with Crippen LogP contribution in [0.25, 0.3) is 0 Å². The van der Waals surface area contributed by atoms with Crippen molar-refractivity contribution < 1.29 is 9.53 Å². The highest BCUT2D eigenvalue weighted by atomic mass is 35.5. The summed E-state index contributed by atoms with van der Waals surface area (Å²) in [6.07, 6.45) is 2.97. The molecule has 2 heterocycles. The van der Waals surface area contributed by atoms with Crippen molar-refractivity contribution >= 4 is 34.8 Å². The Hall–Kier alpha value is -1.85. The molecule has 20 heavy (non-hydrogen) atoms. The molecule has 0 aliphatic rings. The van der Waals surface area contributed by atoms with E-state index in [2.05, 4.69) is 15.3 Å². The molecule has 7 heteroatoms. The maximum Gasteiger partial charge on any atom is 0.259 e. The number of rotatable bonds is 3. The van der Waals surface area contributed by atoms with Crippen molar-refractivity contribution in [1.82, 2.24) is 9.97 Å².